The maximum absolute atomic E-state index is 11.3. The molecule has 3 unspecified atom stereocenters. The Hall–Kier alpha value is 0.920. The lowest BCUT2D eigenvalue weighted by molar-refractivity contribution is -0.112. The third kappa shape index (κ3) is 2.21. The van der Waals surface area contributed by atoms with Crippen molar-refractivity contribution in [1.82, 2.24) is 5.32 Å². The van der Waals surface area contributed by atoms with E-state index in [0.29, 0.717) is 5.52 Å². The topological polar surface area (TPSA) is 29.1 Å². The number of rotatable bonds is 2. The second-order valence-electron chi connectivity index (χ2n) is 2.39. The van der Waals surface area contributed by atoms with E-state index in [0.717, 1.165) is 19.4 Å². The average molecular weight is 195 g/mol. The molecule has 10 heavy (non-hydrogen) atoms. The van der Waals surface area contributed by atoms with Gasteiger partial charge in [-0.15, -0.1) is 0 Å². The maximum Gasteiger partial charge on any atom is 0.178 e. The lowest BCUT2D eigenvalue weighted by atomic mass is 10.2. The molecule has 1 fully saturated rings. The van der Waals surface area contributed by atoms with Gasteiger partial charge in [0.05, 0.1) is 6.04 Å². The summed E-state index contributed by atoms with van der Waals surface area (Å²) in [6.45, 7) is 1.01. The van der Waals surface area contributed by atoms with Crippen molar-refractivity contribution in [2.75, 3.05) is 6.54 Å². The maximum atomic E-state index is 11.3. The number of carbonyl (C=O) groups is 1. The van der Waals surface area contributed by atoms with Crippen molar-refractivity contribution in [2.45, 2.75) is 18.9 Å². The summed E-state index contributed by atoms with van der Waals surface area (Å²) < 4.78 is 0. The molecule has 0 bridgehead atoms. The van der Waals surface area contributed by atoms with E-state index in [9.17, 15) is 4.79 Å². The van der Waals surface area contributed by atoms with E-state index in [4.69, 9.17) is 0 Å². The van der Waals surface area contributed by atoms with Crippen molar-refractivity contribution >= 4 is 30.7 Å². The van der Waals surface area contributed by atoms with Gasteiger partial charge in [-0.05, 0) is 19.4 Å². The summed E-state index contributed by atoms with van der Waals surface area (Å²) in [5.41, 5.74) is 0.363. The fourth-order valence-electron chi connectivity index (χ4n) is 1.08. The minimum absolute atomic E-state index is 0.154. The quantitative estimate of drug-likeness (QED) is 0.673. The van der Waals surface area contributed by atoms with Gasteiger partial charge in [0, 0.05) is 7.30 Å². The predicted molar refractivity (Wildman–Crippen MR) is 52.4 cm³/mol. The molecular weight excluding hydrogens is 183 g/mol. The van der Waals surface area contributed by atoms with Crippen LogP contribution in [0, 0.1) is 0 Å². The van der Waals surface area contributed by atoms with Gasteiger partial charge in [-0.3, -0.25) is 4.79 Å². The smallest absolute Gasteiger partial charge is 0.178 e. The molecule has 0 aliphatic carbocycles. The molecule has 1 rings (SSSR count). The zero-order chi connectivity index (χ0) is 7.56. The van der Waals surface area contributed by atoms with Gasteiger partial charge in [0.15, 0.2) is 5.52 Å². The van der Waals surface area contributed by atoms with Crippen LogP contribution in [0.1, 0.15) is 12.8 Å². The Morgan fingerprint density at radius 1 is 1.60 bits per heavy atom. The predicted octanol–water partition coefficient (Wildman–Crippen LogP) is 1.33. The second-order valence-corrected chi connectivity index (χ2v) is 8.78. The monoisotopic (exact) mass is 195 g/mol. The number of hydrogen-bond donors (Lipinski definition) is 1. The molecule has 0 aromatic rings. The summed E-state index contributed by atoms with van der Waals surface area (Å²) in [5.74, 6) is 0. The minimum atomic E-state index is -0.541. The van der Waals surface area contributed by atoms with E-state index in [2.05, 4.69) is 23.2 Å². The van der Waals surface area contributed by atoms with Crippen molar-refractivity contribution in [3.05, 3.63) is 0 Å². The minimum Gasteiger partial charge on any atom is -0.307 e. The van der Waals surface area contributed by atoms with Gasteiger partial charge in [0.1, 0.15) is 0 Å². The summed E-state index contributed by atoms with van der Waals surface area (Å²) >= 11 is 0. The highest BCUT2D eigenvalue weighted by molar-refractivity contribution is 8.50. The molecule has 0 amide bonds. The van der Waals surface area contributed by atoms with Gasteiger partial charge in [-0.2, -0.15) is 0 Å². The summed E-state index contributed by atoms with van der Waals surface area (Å²) in [6.07, 6.45) is 2.18. The molecule has 1 aliphatic rings. The van der Waals surface area contributed by atoms with E-state index >= 15 is 0 Å². The van der Waals surface area contributed by atoms with Crippen molar-refractivity contribution in [3.63, 3.8) is 0 Å². The standard InChI is InChI=1S/C5H12NOP3/c7-5(10(8)9)4-2-1-3-6-4/h4,6H,1-3,8-9H2. The third-order valence-corrected chi connectivity index (χ3v) is 3.96. The van der Waals surface area contributed by atoms with E-state index in [1.54, 1.807) is 0 Å². The first-order valence-electron chi connectivity index (χ1n) is 3.28. The summed E-state index contributed by atoms with van der Waals surface area (Å²) in [5, 5.41) is 3.18. The van der Waals surface area contributed by atoms with E-state index in [1.807, 2.05) is 0 Å². The van der Waals surface area contributed by atoms with Crippen LogP contribution in [0.2, 0.25) is 0 Å². The van der Waals surface area contributed by atoms with Crippen LogP contribution in [0.5, 0.6) is 0 Å². The van der Waals surface area contributed by atoms with E-state index < -0.39 is 7.30 Å². The molecule has 1 heterocycles. The van der Waals surface area contributed by atoms with E-state index in [-0.39, 0.29) is 6.04 Å². The van der Waals surface area contributed by atoms with Crippen molar-refractivity contribution in [3.8, 4) is 0 Å². The zero-order valence-electron chi connectivity index (χ0n) is 5.71. The fourth-order valence-corrected chi connectivity index (χ4v) is 2.74. The lowest BCUT2D eigenvalue weighted by Gasteiger charge is -2.10. The van der Waals surface area contributed by atoms with Crippen molar-refractivity contribution < 1.29 is 4.79 Å². The summed E-state index contributed by atoms with van der Waals surface area (Å²) in [6, 6.07) is 0.154. The number of nitrogens with one attached hydrogen (secondary N) is 1. The van der Waals surface area contributed by atoms with Gasteiger partial charge >= 0.3 is 0 Å². The van der Waals surface area contributed by atoms with Gasteiger partial charge in [0.2, 0.25) is 0 Å². The van der Waals surface area contributed by atoms with Crippen LogP contribution in [-0.2, 0) is 4.79 Å². The molecule has 5 heteroatoms. The Labute approximate surface area is 66.9 Å². The van der Waals surface area contributed by atoms with Crippen LogP contribution in [0.15, 0.2) is 0 Å². The molecule has 2 nitrogen and oxygen atoms in total. The van der Waals surface area contributed by atoms with Crippen molar-refractivity contribution in [1.29, 1.82) is 0 Å². The number of hydrogen-bond acceptors (Lipinski definition) is 2. The van der Waals surface area contributed by atoms with Crippen LogP contribution in [0.25, 0.3) is 0 Å². The molecule has 58 valence electrons. The van der Waals surface area contributed by atoms with Gasteiger partial charge in [-0.1, -0.05) is 17.9 Å². The molecule has 0 saturated carbocycles. The Morgan fingerprint density at radius 2 is 2.30 bits per heavy atom. The van der Waals surface area contributed by atoms with Crippen LogP contribution in [0.3, 0.4) is 0 Å². The highest BCUT2D eigenvalue weighted by atomic mass is 32.4. The Kier molecular flexibility index (Phi) is 3.67. The zero-order valence-corrected chi connectivity index (χ0v) is 8.91. The van der Waals surface area contributed by atoms with Crippen LogP contribution < -0.4 is 5.32 Å². The van der Waals surface area contributed by atoms with Crippen molar-refractivity contribution in [2.24, 2.45) is 0 Å². The molecule has 0 aromatic carbocycles. The molecule has 0 aromatic heterocycles. The molecule has 1 aliphatic heterocycles. The number of carbonyl (C=O) groups excluding carboxylic acids is 1. The molecule has 1 saturated heterocycles. The van der Waals surface area contributed by atoms with E-state index in [1.165, 1.54) is 0 Å². The highest BCUT2D eigenvalue weighted by Gasteiger charge is 2.23. The first kappa shape index (κ1) is 9.01. The lowest BCUT2D eigenvalue weighted by Crippen LogP contribution is -2.27. The summed E-state index contributed by atoms with van der Waals surface area (Å²) in [7, 11) is 4.59. The fraction of sp³-hybridized carbons (Fsp3) is 0.800. The normalized spacial score (nSPS) is 25.7. The molecule has 0 radical (unpaired) electrons. The van der Waals surface area contributed by atoms with Gasteiger partial charge < -0.3 is 5.32 Å². The SMILES string of the molecule is O=C(C1CCCN1)P(P)P. The summed E-state index contributed by atoms with van der Waals surface area (Å²) in [4.78, 5) is 11.3. The molecular formula is C5H12NOP3. The van der Waals surface area contributed by atoms with Gasteiger partial charge in [-0.25, -0.2) is 0 Å². The van der Waals surface area contributed by atoms with Crippen LogP contribution in [-0.4, -0.2) is 18.1 Å². The second kappa shape index (κ2) is 4.07. The molecule has 3 atom stereocenters. The molecule has 0 spiro atoms. The van der Waals surface area contributed by atoms with Gasteiger partial charge in [0.25, 0.3) is 0 Å². The Balaban J connectivity index is 2.40. The first-order chi connectivity index (χ1) is 4.72. The average Bonchev–Trinajstić information content (AvgIpc) is 2.36. The van der Waals surface area contributed by atoms with Crippen LogP contribution in [0.4, 0.5) is 0 Å². The largest absolute Gasteiger partial charge is 0.307 e. The first-order valence-corrected chi connectivity index (χ1v) is 7.86. The molecule has 1 N–H and O–H groups in total. The Bertz CT molecular complexity index is 133. The Morgan fingerprint density at radius 3 is 2.70 bits per heavy atom. The third-order valence-electron chi connectivity index (χ3n) is 1.61. The highest BCUT2D eigenvalue weighted by Crippen LogP contribution is 2.54. The van der Waals surface area contributed by atoms with Crippen LogP contribution >= 0.6 is 25.2 Å².